The molecule has 3 heterocycles. The number of rotatable bonds is 8. The topological polar surface area (TPSA) is 62.2 Å². The molecule has 2 atom stereocenters. The van der Waals surface area contributed by atoms with E-state index in [1.165, 1.54) is 5.56 Å². The minimum atomic E-state index is -0.127. The van der Waals surface area contributed by atoms with Crippen molar-refractivity contribution in [2.24, 2.45) is 0 Å². The van der Waals surface area contributed by atoms with Gasteiger partial charge < -0.3 is 20.1 Å². The number of thiocarbonyl (C=S) groups is 1. The molecule has 0 unspecified atom stereocenters. The van der Waals surface area contributed by atoms with Crippen LogP contribution in [0.4, 0.5) is 5.69 Å². The highest BCUT2D eigenvalue weighted by Gasteiger charge is 2.41. The monoisotopic (exact) mass is 523 g/mol. The third-order valence-corrected chi connectivity index (χ3v) is 7.61. The molecule has 0 spiro atoms. The lowest BCUT2D eigenvalue weighted by Gasteiger charge is -2.28. The van der Waals surface area contributed by atoms with Crippen LogP contribution in [0.15, 0.2) is 85.1 Å². The van der Waals surface area contributed by atoms with Gasteiger partial charge in [0.05, 0.1) is 17.8 Å². The van der Waals surface area contributed by atoms with E-state index >= 15 is 0 Å². The van der Waals surface area contributed by atoms with Gasteiger partial charge in [0.2, 0.25) is 5.91 Å². The van der Waals surface area contributed by atoms with E-state index < -0.39 is 0 Å². The average molecular weight is 524 g/mol. The van der Waals surface area contributed by atoms with Crippen LogP contribution in [0, 0.1) is 13.8 Å². The molecule has 2 aromatic carbocycles. The predicted octanol–water partition coefficient (Wildman–Crippen LogP) is 6.05. The molecule has 1 amide bonds. The number of nitrogens with zero attached hydrogens (tertiary/aromatic N) is 3. The molecule has 0 bridgehead atoms. The van der Waals surface area contributed by atoms with Gasteiger partial charge in [-0.1, -0.05) is 49.4 Å². The van der Waals surface area contributed by atoms with Crippen molar-refractivity contribution in [2.45, 2.75) is 45.7 Å². The van der Waals surface area contributed by atoms with E-state index in [1.54, 1.807) is 0 Å². The van der Waals surface area contributed by atoms with Crippen molar-refractivity contribution in [1.82, 2.24) is 19.8 Å². The number of benzene rings is 2. The number of carbonyl (C=O) groups excluding carboxylic acids is 1. The lowest BCUT2D eigenvalue weighted by atomic mass is 9.96. The zero-order chi connectivity index (χ0) is 26.6. The van der Waals surface area contributed by atoms with E-state index in [-0.39, 0.29) is 18.0 Å². The van der Waals surface area contributed by atoms with E-state index in [0.29, 0.717) is 18.1 Å². The Bertz CT molecular complexity index is 1430. The van der Waals surface area contributed by atoms with Gasteiger partial charge in [-0.3, -0.25) is 9.78 Å². The van der Waals surface area contributed by atoms with Crippen LogP contribution in [0.2, 0.25) is 0 Å². The summed E-state index contributed by atoms with van der Waals surface area (Å²) in [7, 11) is 0. The predicted molar refractivity (Wildman–Crippen MR) is 156 cm³/mol. The molecule has 1 saturated heterocycles. The molecule has 2 N–H and O–H groups in total. The lowest BCUT2D eigenvalue weighted by Crippen LogP contribution is -2.33. The Hall–Kier alpha value is -3.97. The number of carbonyl (C=O) groups is 1. The van der Waals surface area contributed by atoms with E-state index in [1.807, 2.05) is 54.7 Å². The summed E-state index contributed by atoms with van der Waals surface area (Å²) >= 11 is 5.84. The summed E-state index contributed by atoms with van der Waals surface area (Å²) in [6, 6.07) is 26.3. The van der Waals surface area contributed by atoms with Crippen molar-refractivity contribution in [1.29, 1.82) is 0 Å². The summed E-state index contributed by atoms with van der Waals surface area (Å²) in [6.07, 6.45) is 3.00. The van der Waals surface area contributed by atoms with Crippen LogP contribution >= 0.6 is 12.2 Å². The minimum absolute atomic E-state index is 0.0245. The Kier molecular flexibility index (Phi) is 7.56. The Morgan fingerprint density at radius 2 is 1.76 bits per heavy atom. The van der Waals surface area contributed by atoms with Crippen molar-refractivity contribution in [3.8, 4) is 5.69 Å². The normalized spacial score (nSPS) is 16.9. The zero-order valence-electron chi connectivity index (χ0n) is 22.0. The molecule has 4 aromatic rings. The quantitative estimate of drug-likeness (QED) is 0.275. The van der Waals surface area contributed by atoms with Gasteiger partial charge in [0.15, 0.2) is 5.11 Å². The molecule has 1 aliphatic heterocycles. The molecular formula is C31H33N5OS. The molecule has 0 saturated carbocycles. The molecule has 2 aromatic heterocycles. The van der Waals surface area contributed by atoms with Crippen molar-refractivity contribution < 1.29 is 4.79 Å². The Morgan fingerprint density at radius 1 is 1.03 bits per heavy atom. The minimum Gasteiger partial charge on any atom is -0.352 e. The van der Waals surface area contributed by atoms with Crippen LogP contribution < -0.4 is 10.6 Å². The Morgan fingerprint density at radius 3 is 2.50 bits per heavy atom. The van der Waals surface area contributed by atoms with Gasteiger partial charge in [-0.05, 0) is 80.0 Å². The third-order valence-electron chi connectivity index (χ3n) is 7.25. The first-order valence-corrected chi connectivity index (χ1v) is 13.5. The zero-order valence-corrected chi connectivity index (χ0v) is 22.8. The second-order valence-corrected chi connectivity index (χ2v) is 10.0. The standard InChI is InChI=1S/C31H33N5OS/c1-4-23-12-8-9-15-26(23)33-28(37)17-19-35-30(29(34-31(35)38)27-16-10-11-18-32-27)25-20-21(2)36(22(25)3)24-13-6-5-7-14-24/h5-16,18,20,29-30H,4,17,19H2,1-3H3,(H,33,37)(H,34,38)/t29-,30-/m0/s1. The van der Waals surface area contributed by atoms with Crippen LogP contribution in [0.3, 0.4) is 0 Å². The molecule has 1 aliphatic rings. The number of aromatic nitrogens is 2. The fraction of sp³-hybridized carbons (Fsp3) is 0.258. The number of para-hydroxylation sites is 2. The highest BCUT2D eigenvalue weighted by Crippen LogP contribution is 2.41. The van der Waals surface area contributed by atoms with Gasteiger partial charge in [-0.2, -0.15) is 0 Å². The highest BCUT2D eigenvalue weighted by molar-refractivity contribution is 7.80. The van der Waals surface area contributed by atoms with Gasteiger partial charge in [0.25, 0.3) is 0 Å². The van der Waals surface area contributed by atoms with Crippen molar-refractivity contribution in [3.05, 3.63) is 113 Å². The largest absolute Gasteiger partial charge is 0.352 e. The van der Waals surface area contributed by atoms with Crippen LogP contribution in [0.25, 0.3) is 5.69 Å². The number of hydrogen-bond acceptors (Lipinski definition) is 3. The summed E-state index contributed by atoms with van der Waals surface area (Å²) in [6.45, 7) is 6.87. The van der Waals surface area contributed by atoms with Crippen molar-refractivity contribution in [2.75, 3.05) is 11.9 Å². The van der Waals surface area contributed by atoms with E-state index in [4.69, 9.17) is 12.2 Å². The van der Waals surface area contributed by atoms with Gasteiger partial charge in [0.1, 0.15) is 0 Å². The van der Waals surface area contributed by atoms with Crippen LogP contribution in [0.5, 0.6) is 0 Å². The molecule has 7 heteroatoms. The van der Waals surface area contributed by atoms with Crippen molar-refractivity contribution in [3.63, 3.8) is 0 Å². The molecule has 38 heavy (non-hydrogen) atoms. The molecule has 0 radical (unpaired) electrons. The number of anilines is 1. The summed E-state index contributed by atoms with van der Waals surface area (Å²) in [5, 5.41) is 7.24. The maximum Gasteiger partial charge on any atom is 0.226 e. The second kappa shape index (κ2) is 11.2. The fourth-order valence-electron chi connectivity index (χ4n) is 5.43. The van der Waals surface area contributed by atoms with Gasteiger partial charge in [-0.15, -0.1) is 0 Å². The molecule has 0 aliphatic carbocycles. The van der Waals surface area contributed by atoms with E-state index in [0.717, 1.165) is 40.4 Å². The summed E-state index contributed by atoms with van der Waals surface area (Å²) < 4.78 is 2.28. The van der Waals surface area contributed by atoms with Crippen LogP contribution in [-0.2, 0) is 11.2 Å². The Balaban J connectivity index is 1.45. The first-order valence-electron chi connectivity index (χ1n) is 13.1. The lowest BCUT2D eigenvalue weighted by molar-refractivity contribution is -0.116. The molecule has 194 valence electrons. The average Bonchev–Trinajstić information content (AvgIpc) is 3.42. The summed E-state index contributed by atoms with van der Waals surface area (Å²) in [4.78, 5) is 19.8. The third kappa shape index (κ3) is 5.07. The first kappa shape index (κ1) is 25.7. The van der Waals surface area contributed by atoms with Crippen LogP contribution in [-0.4, -0.2) is 32.0 Å². The number of hydrogen-bond donors (Lipinski definition) is 2. The van der Waals surface area contributed by atoms with Crippen LogP contribution in [0.1, 0.15) is 53.6 Å². The second-order valence-electron chi connectivity index (χ2n) is 9.63. The summed E-state index contributed by atoms with van der Waals surface area (Å²) in [5.41, 5.74) is 7.51. The smallest absolute Gasteiger partial charge is 0.226 e. The maximum atomic E-state index is 13.0. The van der Waals surface area contributed by atoms with E-state index in [2.05, 4.69) is 76.2 Å². The number of aryl methyl sites for hydroxylation is 2. The van der Waals surface area contributed by atoms with Gasteiger partial charge in [-0.25, -0.2) is 0 Å². The number of nitrogens with one attached hydrogen (secondary N) is 2. The summed E-state index contributed by atoms with van der Waals surface area (Å²) in [5.74, 6) is -0.0245. The van der Waals surface area contributed by atoms with Gasteiger partial charge >= 0.3 is 0 Å². The maximum absolute atomic E-state index is 13.0. The van der Waals surface area contributed by atoms with E-state index in [9.17, 15) is 4.79 Å². The first-order chi connectivity index (χ1) is 18.5. The molecule has 5 rings (SSSR count). The van der Waals surface area contributed by atoms with Gasteiger partial charge in [0, 0.05) is 41.9 Å². The van der Waals surface area contributed by atoms with Crippen molar-refractivity contribution >= 4 is 28.9 Å². The number of pyridine rings is 1. The molecule has 1 fully saturated rings. The Labute approximate surface area is 229 Å². The number of amides is 1. The molecule has 6 nitrogen and oxygen atoms in total. The highest BCUT2D eigenvalue weighted by atomic mass is 32.1. The fourth-order valence-corrected chi connectivity index (χ4v) is 5.76. The molecular weight excluding hydrogens is 490 g/mol. The SMILES string of the molecule is CCc1ccccc1NC(=O)CCN1C(=S)N[C@@H](c2ccccn2)[C@@H]1c1cc(C)n(-c2ccccc2)c1C.